The number of nitrogens with zero attached hydrogens (tertiary/aromatic N) is 1. The number of benzene rings is 2. The van der Waals surface area contributed by atoms with E-state index < -0.39 is 12.5 Å². The zero-order valence-corrected chi connectivity index (χ0v) is 13.3. The number of alkyl halides is 2. The number of carbonyl (C=O) groups excluding carboxylic acids is 1. The number of hydrogen-bond donors (Lipinski definition) is 1. The van der Waals surface area contributed by atoms with Gasteiger partial charge in [-0.1, -0.05) is 29.8 Å². The Morgan fingerprint density at radius 3 is 2.67 bits per heavy atom. The van der Waals surface area contributed by atoms with Crippen molar-refractivity contribution in [2.24, 2.45) is 5.10 Å². The standard InChI is InChI=1S/C16H13ClF2N2O3/c1-23-13-8-4-5-10(14(13)24-16(18)19)9-20-21-15(22)11-6-2-3-7-12(11)17/h2-9,16H,1H3,(H,21,22)/b20-9-. The lowest BCUT2D eigenvalue weighted by molar-refractivity contribution is -0.0513. The summed E-state index contributed by atoms with van der Waals surface area (Å²) in [5.41, 5.74) is 2.73. The number of carbonyl (C=O) groups is 1. The summed E-state index contributed by atoms with van der Waals surface area (Å²) in [6.45, 7) is -3.02. The van der Waals surface area contributed by atoms with E-state index in [1.807, 2.05) is 0 Å². The van der Waals surface area contributed by atoms with Gasteiger partial charge in [-0.2, -0.15) is 13.9 Å². The van der Waals surface area contributed by atoms with Crippen LogP contribution in [0, 0.1) is 0 Å². The molecule has 0 saturated heterocycles. The van der Waals surface area contributed by atoms with Crippen LogP contribution in [-0.4, -0.2) is 25.8 Å². The molecular weight excluding hydrogens is 342 g/mol. The molecule has 0 bridgehead atoms. The van der Waals surface area contributed by atoms with E-state index in [0.717, 1.165) is 0 Å². The largest absolute Gasteiger partial charge is 0.493 e. The molecule has 24 heavy (non-hydrogen) atoms. The Kier molecular flexibility index (Phi) is 6.08. The minimum absolute atomic E-state index is 0.122. The molecule has 2 aromatic carbocycles. The van der Waals surface area contributed by atoms with E-state index in [4.69, 9.17) is 16.3 Å². The van der Waals surface area contributed by atoms with Crippen LogP contribution >= 0.6 is 11.6 Å². The van der Waals surface area contributed by atoms with Crippen molar-refractivity contribution in [3.8, 4) is 11.5 Å². The van der Waals surface area contributed by atoms with Crippen LogP contribution in [0.3, 0.4) is 0 Å². The molecule has 126 valence electrons. The molecule has 1 amide bonds. The molecule has 0 spiro atoms. The van der Waals surface area contributed by atoms with Gasteiger partial charge in [-0.3, -0.25) is 4.79 Å². The molecule has 0 fully saturated rings. The van der Waals surface area contributed by atoms with Crippen molar-refractivity contribution >= 4 is 23.7 Å². The van der Waals surface area contributed by atoms with Gasteiger partial charge in [0.25, 0.3) is 5.91 Å². The molecule has 1 N–H and O–H groups in total. The molecule has 2 aromatic rings. The van der Waals surface area contributed by atoms with Crippen molar-refractivity contribution < 1.29 is 23.0 Å². The molecule has 2 rings (SSSR count). The van der Waals surface area contributed by atoms with Gasteiger partial charge < -0.3 is 9.47 Å². The van der Waals surface area contributed by atoms with E-state index in [2.05, 4.69) is 15.3 Å². The molecule has 5 nitrogen and oxygen atoms in total. The Morgan fingerprint density at radius 2 is 2.00 bits per heavy atom. The van der Waals surface area contributed by atoms with Crippen molar-refractivity contribution in [2.45, 2.75) is 6.61 Å². The van der Waals surface area contributed by atoms with Crippen molar-refractivity contribution in [1.29, 1.82) is 0 Å². The summed E-state index contributed by atoms with van der Waals surface area (Å²) in [5.74, 6) is -0.585. The molecule has 0 saturated carbocycles. The molecule has 0 aliphatic heterocycles. The van der Waals surface area contributed by atoms with E-state index >= 15 is 0 Å². The number of rotatable bonds is 6. The molecular formula is C16H13ClF2N2O3. The highest BCUT2D eigenvalue weighted by Gasteiger charge is 2.14. The number of methoxy groups -OCH3 is 1. The zero-order chi connectivity index (χ0) is 17.5. The minimum Gasteiger partial charge on any atom is -0.493 e. The van der Waals surface area contributed by atoms with Crippen LogP contribution in [0.4, 0.5) is 8.78 Å². The number of halogens is 3. The molecule has 0 heterocycles. The van der Waals surface area contributed by atoms with Crippen LogP contribution in [0.15, 0.2) is 47.6 Å². The number of hydrogen-bond acceptors (Lipinski definition) is 4. The van der Waals surface area contributed by atoms with E-state index in [0.29, 0.717) is 0 Å². The van der Waals surface area contributed by atoms with Gasteiger partial charge in [0.15, 0.2) is 11.5 Å². The van der Waals surface area contributed by atoms with Crippen LogP contribution in [-0.2, 0) is 0 Å². The normalized spacial score (nSPS) is 10.9. The summed E-state index contributed by atoms with van der Waals surface area (Å²) >= 11 is 5.90. The molecule has 0 atom stereocenters. The summed E-state index contributed by atoms with van der Waals surface area (Å²) in [4.78, 5) is 12.0. The predicted molar refractivity (Wildman–Crippen MR) is 86.1 cm³/mol. The maximum absolute atomic E-state index is 12.5. The zero-order valence-electron chi connectivity index (χ0n) is 12.5. The second-order valence-electron chi connectivity index (χ2n) is 4.44. The average Bonchev–Trinajstić information content (AvgIpc) is 2.56. The molecule has 0 radical (unpaired) electrons. The Hall–Kier alpha value is -2.67. The van der Waals surface area contributed by atoms with Gasteiger partial charge in [0.2, 0.25) is 0 Å². The monoisotopic (exact) mass is 354 g/mol. The topological polar surface area (TPSA) is 59.9 Å². The second kappa shape index (κ2) is 8.26. The van der Waals surface area contributed by atoms with Gasteiger partial charge in [0.05, 0.1) is 23.9 Å². The number of amides is 1. The fourth-order valence-electron chi connectivity index (χ4n) is 1.88. The van der Waals surface area contributed by atoms with E-state index in [9.17, 15) is 13.6 Å². The molecule has 0 unspecified atom stereocenters. The maximum atomic E-state index is 12.5. The smallest absolute Gasteiger partial charge is 0.387 e. The highest BCUT2D eigenvalue weighted by molar-refractivity contribution is 6.33. The first kappa shape index (κ1) is 17.7. The molecule has 0 aliphatic carbocycles. The highest BCUT2D eigenvalue weighted by Crippen LogP contribution is 2.31. The van der Waals surface area contributed by atoms with Crippen LogP contribution in [0.5, 0.6) is 11.5 Å². The Labute approximate surface area is 141 Å². The second-order valence-corrected chi connectivity index (χ2v) is 4.84. The number of ether oxygens (including phenoxy) is 2. The average molecular weight is 355 g/mol. The van der Waals surface area contributed by atoms with Gasteiger partial charge in [-0.05, 0) is 24.3 Å². The lowest BCUT2D eigenvalue weighted by Crippen LogP contribution is -2.18. The van der Waals surface area contributed by atoms with E-state index in [1.165, 1.54) is 31.5 Å². The number of para-hydroxylation sites is 1. The van der Waals surface area contributed by atoms with E-state index in [-0.39, 0.29) is 27.6 Å². The van der Waals surface area contributed by atoms with Crippen molar-refractivity contribution in [3.05, 3.63) is 58.6 Å². The van der Waals surface area contributed by atoms with Crippen molar-refractivity contribution in [3.63, 3.8) is 0 Å². The lowest BCUT2D eigenvalue weighted by Gasteiger charge is -2.11. The predicted octanol–water partition coefficient (Wildman–Crippen LogP) is 3.71. The highest BCUT2D eigenvalue weighted by atomic mass is 35.5. The number of nitrogens with one attached hydrogen (secondary N) is 1. The Bertz CT molecular complexity index is 754. The molecule has 0 aromatic heterocycles. The Morgan fingerprint density at radius 1 is 1.25 bits per heavy atom. The molecule has 8 heteroatoms. The van der Waals surface area contributed by atoms with Gasteiger partial charge in [0.1, 0.15) is 0 Å². The van der Waals surface area contributed by atoms with Crippen LogP contribution < -0.4 is 14.9 Å². The first-order valence-corrected chi connectivity index (χ1v) is 7.10. The van der Waals surface area contributed by atoms with Crippen LogP contribution in [0.2, 0.25) is 5.02 Å². The maximum Gasteiger partial charge on any atom is 0.387 e. The van der Waals surface area contributed by atoms with Crippen molar-refractivity contribution in [1.82, 2.24) is 5.43 Å². The number of hydrazone groups is 1. The van der Waals surface area contributed by atoms with Gasteiger partial charge >= 0.3 is 6.61 Å². The Balaban J connectivity index is 2.17. The van der Waals surface area contributed by atoms with Crippen molar-refractivity contribution in [2.75, 3.05) is 7.11 Å². The summed E-state index contributed by atoms with van der Waals surface area (Å²) in [5, 5.41) is 4.01. The van der Waals surface area contributed by atoms with Crippen LogP contribution in [0.25, 0.3) is 0 Å². The third-order valence-electron chi connectivity index (χ3n) is 2.92. The summed E-state index contributed by atoms with van der Waals surface area (Å²) in [6.07, 6.45) is 1.18. The fourth-order valence-corrected chi connectivity index (χ4v) is 2.10. The first-order valence-electron chi connectivity index (χ1n) is 6.72. The van der Waals surface area contributed by atoms with Gasteiger partial charge in [-0.25, -0.2) is 5.43 Å². The first-order chi connectivity index (χ1) is 11.5. The lowest BCUT2D eigenvalue weighted by atomic mass is 10.2. The minimum atomic E-state index is -3.02. The van der Waals surface area contributed by atoms with E-state index in [1.54, 1.807) is 24.3 Å². The summed E-state index contributed by atoms with van der Waals surface area (Å²) in [7, 11) is 1.33. The van der Waals surface area contributed by atoms with Crippen LogP contribution in [0.1, 0.15) is 15.9 Å². The third-order valence-corrected chi connectivity index (χ3v) is 3.25. The van der Waals surface area contributed by atoms with Gasteiger partial charge in [0, 0.05) is 5.56 Å². The SMILES string of the molecule is COc1cccc(/C=N\NC(=O)c2ccccc2Cl)c1OC(F)F. The molecule has 0 aliphatic rings. The quantitative estimate of drug-likeness (QED) is 0.635. The third kappa shape index (κ3) is 4.42. The summed E-state index contributed by atoms with van der Waals surface area (Å²) in [6, 6.07) is 11.0. The van der Waals surface area contributed by atoms with Gasteiger partial charge in [-0.15, -0.1) is 0 Å². The summed E-state index contributed by atoms with van der Waals surface area (Å²) < 4.78 is 34.5. The fraction of sp³-hybridized carbons (Fsp3) is 0.125.